The van der Waals surface area contributed by atoms with E-state index in [1.54, 1.807) is 0 Å². The molecule has 1 nitrogen and oxygen atoms in total. The summed E-state index contributed by atoms with van der Waals surface area (Å²) in [5.74, 6) is 1.98. The van der Waals surface area contributed by atoms with Crippen molar-refractivity contribution in [1.82, 2.24) is 4.90 Å². The van der Waals surface area contributed by atoms with E-state index in [1.165, 1.54) is 12.8 Å². The zero-order valence-electron chi connectivity index (χ0n) is 7.17. The second kappa shape index (κ2) is 1.97. The lowest BCUT2D eigenvalue weighted by Gasteiger charge is -2.33. The molecule has 0 N–H and O–H groups in total. The van der Waals surface area contributed by atoms with Crippen molar-refractivity contribution in [1.29, 1.82) is 0 Å². The highest BCUT2D eigenvalue weighted by Gasteiger charge is 2.45. The molecule has 0 aromatic carbocycles. The Bertz CT molecular complexity index is 142. The molecule has 2 fully saturated rings. The highest BCUT2D eigenvalue weighted by molar-refractivity contribution is 4.99. The highest BCUT2D eigenvalue weighted by atomic mass is 15.2. The summed E-state index contributed by atoms with van der Waals surface area (Å²) in [6, 6.07) is 1.78. The minimum Gasteiger partial charge on any atom is -0.300 e. The predicted molar refractivity (Wildman–Crippen MR) is 42.9 cm³/mol. The highest BCUT2D eigenvalue weighted by Crippen LogP contribution is 2.44. The molecular weight excluding hydrogens is 122 g/mol. The van der Waals surface area contributed by atoms with Crippen LogP contribution < -0.4 is 0 Å². The summed E-state index contributed by atoms with van der Waals surface area (Å²) in [4.78, 5) is 2.57. The lowest BCUT2D eigenvalue weighted by molar-refractivity contribution is 0.146. The molecule has 2 bridgehead atoms. The summed E-state index contributed by atoms with van der Waals surface area (Å²) in [7, 11) is 2.28. The van der Waals surface area contributed by atoms with Crippen LogP contribution in [-0.2, 0) is 0 Å². The summed E-state index contributed by atoms with van der Waals surface area (Å²) in [6.07, 6.45) is 2.95. The fraction of sp³-hybridized carbons (Fsp3) is 1.00. The number of fused-ring (bicyclic) bond motifs is 2. The quantitative estimate of drug-likeness (QED) is 0.494. The van der Waals surface area contributed by atoms with E-state index in [4.69, 9.17) is 0 Å². The molecule has 2 aliphatic rings. The van der Waals surface area contributed by atoms with Crippen molar-refractivity contribution in [2.75, 3.05) is 7.05 Å². The number of likely N-dealkylation sites (tertiary alicyclic amines) is 1. The van der Waals surface area contributed by atoms with Crippen molar-refractivity contribution < 1.29 is 0 Å². The van der Waals surface area contributed by atoms with Crippen LogP contribution in [0.2, 0.25) is 0 Å². The van der Waals surface area contributed by atoms with Crippen LogP contribution in [0.15, 0.2) is 0 Å². The molecule has 4 atom stereocenters. The first-order chi connectivity index (χ1) is 4.70. The van der Waals surface area contributed by atoms with Gasteiger partial charge in [0.15, 0.2) is 0 Å². The van der Waals surface area contributed by atoms with Crippen LogP contribution in [0.3, 0.4) is 0 Å². The summed E-state index contributed by atoms with van der Waals surface area (Å²) in [5, 5.41) is 0. The molecule has 0 radical (unpaired) electrons. The summed E-state index contributed by atoms with van der Waals surface area (Å²) >= 11 is 0. The van der Waals surface area contributed by atoms with Crippen LogP contribution in [-0.4, -0.2) is 24.0 Å². The topological polar surface area (TPSA) is 3.24 Å². The second-order valence-electron chi connectivity index (χ2n) is 4.18. The Balaban J connectivity index is 2.16. The van der Waals surface area contributed by atoms with E-state index in [0.29, 0.717) is 0 Å². The van der Waals surface area contributed by atoms with E-state index in [9.17, 15) is 0 Å². The van der Waals surface area contributed by atoms with Crippen LogP contribution in [0.25, 0.3) is 0 Å². The molecule has 0 aromatic rings. The van der Waals surface area contributed by atoms with Gasteiger partial charge in [-0.1, -0.05) is 6.92 Å². The van der Waals surface area contributed by atoms with Crippen molar-refractivity contribution in [3.63, 3.8) is 0 Å². The molecule has 1 saturated carbocycles. The van der Waals surface area contributed by atoms with Gasteiger partial charge < -0.3 is 4.90 Å². The Morgan fingerprint density at radius 1 is 1.20 bits per heavy atom. The monoisotopic (exact) mass is 139 g/mol. The molecule has 1 heterocycles. The molecule has 10 heavy (non-hydrogen) atoms. The Kier molecular flexibility index (Phi) is 1.31. The van der Waals surface area contributed by atoms with Gasteiger partial charge in [0.05, 0.1) is 0 Å². The second-order valence-corrected chi connectivity index (χ2v) is 4.18. The molecule has 1 aliphatic heterocycles. The molecule has 0 aromatic heterocycles. The largest absolute Gasteiger partial charge is 0.300 e. The molecule has 1 saturated heterocycles. The average molecular weight is 139 g/mol. The normalized spacial score (nSPS) is 54.3. The fourth-order valence-corrected chi connectivity index (χ4v) is 2.87. The number of piperidine rings is 1. The standard InChI is InChI=1S/C9H17N/c1-6-4-8-5-9(6)10(3)7(8)2/h6-9H,4-5H2,1-3H3/t6?,7-,8?,9?/m1/s1. The fourth-order valence-electron chi connectivity index (χ4n) is 2.87. The van der Waals surface area contributed by atoms with Crippen molar-refractivity contribution in [2.24, 2.45) is 11.8 Å². The third kappa shape index (κ3) is 0.672. The number of nitrogens with zero attached hydrogens (tertiary/aromatic N) is 1. The number of hydrogen-bond donors (Lipinski definition) is 0. The third-order valence-electron chi connectivity index (χ3n) is 3.72. The average Bonchev–Trinajstić information content (AvgIpc) is 2.36. The summed E-state index contributed by atoms with van der Waals surface area (Å²) < 4.78 is 0. The van der Waals surface area contributed by atoms with Gasteiger partial charge in [-0.3, -0.25) is 0 Å². The van der Waals surface area contributed by atoms with Gasteiger partial charge in [0.1, 0.15) is 0 Å². The predicted octanol–water partition coefficient (Wildman–Crippen LogP) is 1.74. The first-order valence-electron chi connectivity index (χ1n) is 4.42. The van der Waals surface area contributed by atoms with Gasteiger partial charge in [-0.2, -0.15) is 0 Å². The molecule has 0 amide bonds. The Labute approximate surface area is 63.4 Å². The third-order valence-corrected chi connectivity index (χ3v) is 3.72. The van der Waals surface area contributed by atoms with Gasteiger partial charge in [-0.05, 0) is 38.6 Å². The number of hydrogen-bond acceptors (Lipinski definition) is 1. The van der Waals surface area contributed by atoms with Gasteiger partial charge in [-0.15, -0.1) is 0 Å². The minimum atomic E-state index is 0.862. The van der Waals surface area contributed by atoms with Gasteiger partial charge in [0.25, 0.3) is 0 Å². The van der Waals surface area contributed by atoms with Crippen LogP contribution in [0.4, 0.5) is 0 Å². The first kappa shape index (κ1) is 6.66. The molecule has 58 valence electrons. The lowest BCUT2D eigenvalue weighted by Crippen LogP contribution is -2.39. The molecular formula is C9H17N. The molecule has 1 aliphatic carbocycles. The Hall–Kier alpha value is -0.0400. The van der Waals surface area contributed by atoms with Crippen LogP contribution in [0.1, 0.15) is 26.7 Å². The van der Waals surface area contributed by atoms with Gasteiger partial charge in [0, 0.05) is 12.1 Å². The van der Waals surface area contributed by atoms with Crippen LogP contribution in [0, 0.1) is 11.8 Å². The Morgan fingerprint density at radius 2 is 1.90 bits per heavy atom. The SMILES string of the molecule is CC1CC2CC1N(C)[C@@H]2C. The van der Waals surface area contributed by atoms with E-state index in [0.717, 1.165) is 23.9 Å². The smallest absolute Gasteiger partial charge is 0.0124 e. The van der Waals surface area contributed by atoms with E-state index < -0.39 is 0 Å². The summed E-state index contributed by atoms with van der Waals surface area (Å²) in [5.41, 5.74) is 0. The summed E-state index contributed by atoms with van der Waals surface area (Å²) in [6.45, 7) is 4.77. The van der Waals surface area contributed by atoms with Crippen molar-refractivity contribution in [2.45, 2.75) is 38.8 Å². The zero-order chi connectivity index (χ0) is 7.30. The van der Waals surface area contributed by atoms with Crippen LogP contribution in [0.5, 0.6) is 0 Å². The maximum Gasteiger partial charge on any atom is 0.0124 e. The first-order valence-corrected chi connectivity index (χ1v) is 4.42. The van der Waals surface area contributed by atoms with E-state index in [1.807, 2.05) is 0 Å². The molecule has 0 spiro atoms. The van der Waals surface area contributed by atoms with E-state index in [-0.39, 0.29) is 0 Å². The van der Waals surface area contributed by atoms with Crippen molar-refractivity contribution >= 4 is 0 Å². The van der Waals surface area contributed by atoms with Crippen LogP contribution >= 0.6 is 0 Å². The van der Waals surface area contributed by atoms with Crippen molar-refractivity contribution in [3.8, 4) is 0 Å². The molecule has 3 unspecified atom stereocenters. The van der Waals surface area contributed by atoms with Gasteiger partial charge >= 0.3 is 0 Å². The minimum absolute atomic E-state index is 0.862. The van der Waals surface area contributed by atoms with Crippen molar-refractivity contribution in [3.05, 3.63) is 0 Å². The zero-order valence-corrected chi connectivity index (χ0v) is 7.17. The Morgan fingerprint density at radius 3 is 2.30 bits per heavy atom. The van der Waals surface area contributed by atoms with Gasteiger partial charge in [0.2, 0.25) is 0 Å². The molecule has 1 heteroatoms. The van der Waals surface area contributed by atoms with Gasteiger partial charge in [-0.25, -0.2) is 0 Å². The maximum atomic E-state index is 2.57. The van der Waals surface area contributed by atoms with E-state index >= 15 is 0 Å². The van der Waals surface area contributed by atoms with E-state index in [2.05, 4.69) is 25.8 Å². The molecule has 2 rings (SSSR count). The maximum absolute atomic E-state index is 2.57. The number of rotatable bonds is 0. The lowest BCUT2D eigenvalue weighted by atomic mass is 9.95.